The average molecular weight is 196 g/mol. The molecule has 0 aliphatic carbocycles. The summed E-state index contributed by atoms with van der Waals surface area (Å²) in [7, 11) is 0. The van der Waals surface area contributed by atoms with Gasteiger partial charge in [0.2, 0.25) is 0 Å². The Labute approximate surface area is 86.0 Å². The highest BCUT2D eigenvalue weighted by molar-refractivity contribution is 5.26. The molecule has 1 N–H and O–H groups in total. The molecule has 2 aliphatic heterocycles. The van der Waals surface area contributed by atoms with Crippen molar-refractivity contribution in [3.8, 4) is 0 Å². The van der Waals surface area contributed by atoms with Gasteiger partial charge >= 0.3 is 0 Å². The second-order valence-electron chi connectivity index (χ2n) is 5.47. The molecular weight excluding hydrogens is 176 g/mol. The number of aliphatic hydroxyl groups is 1. The van der Waals surface area contributed by atoms with Crippen molar-refractivity contribution in [2.45, 2.75) is 51.4 Å². The van der Waals surface area contributed by atoms with E-state index in [2.05, 4.69) is 39.8 Å². The summed E-state index contributed by atoms with van der Waals surface area (Å²) in [6.07, 6.45) is 4.21. The van der Waals surface area contributed by atoms with E-state index in [0.29, 0.717) is 0 Å². The van der Waals surface area contributed by atoms with E-state index in [1.807, 2.05) is 6.92 Å². The van der Waals surface area contributed by atoms with E-state index in [1.54, 1.807) is 0 Å². The molecule has 0 amide bonds. The van der Waals surface area contributed by atoms with Crippen molar-refractivity contribution in [2.24, 2.45) is 11.8 Å². The molecule has 0 aromatic heterocycles. The first-order chi connectivity index (χ1) is 6.22. The van der Waals surface area contributed by atoms with Crippen LogP contribution in [0.25, 0.3) is 0 Å². The molecule has 0 radical (unpaired) electrons. The fraction of sp³-hybridized carbons (Fsp3) is 0.833. The number of ether oxygens (including phenoxy) is 1. The molecule has 2 aliphatic rings. The molecule has 2 heteroatoms. The largest absolute Gasteiger partial charge is 0.389 e. The van der Waals surface area contributed by atoms with Crippen LogP contribution in [0.5, 0.6) is 0 Å². The standard InChI is InChI=1S/C12H20O2/c1-8-10(3)6-7-11(4,14-10)9(2)12(8,5)13/h6-9,13H,1-5H3/t8-,9+,10+,11?,12?/m0/s1. The zero-order valence-electron chi connectivity index (χ0n) is 9.66. The number of rotatable bonds is 0. The van der Waals surface area contributed by atoms with E-state index in [0.717, 1.165) is 0 Å². The van der Waals surface area contributed by atoms with Crippen LogP contribution in [-0.4, -0.2) is 21.9 Å². The maximum atomic E-state index is 10.5. The summed E-state index contributed by atoms with van der Waals surface area (Å²) in [6.45, 7) is 10.2. The molecule has 0 saturated carbocycles. The Bertz CT molecular complexity index is 269. The first kappa shape index (κ1) is 10.2. The number of fused-ring (bicyclic) bond motifs is 2. The van der Waals surface area contributed by atoms with Gasteiger partial charge in [0.1, 0.15) is 0 Å². The first-order valence-corrected chi connectivity index (χ1v) is 5.35. The molecule has 0 aromatic rings. The van der Waals surface area contributed by atoms with Crippen LogP contribution >= 0.6 is 0 Å². The number of hydrogen-bond donors (Lipinski definition) is 1. The van der Waals surface area contributed by atoms with Crippen LogP contribution in [0.1, 0.15) is 34.6 Å². The average Bonchev–Trinajstić information content (AvgIpc) is 2.39. The van der Waals surface area contributed by atoms with Crippen molar-refractivity contribution in [3.05, 3.63) is 12.2 Å². The Balaban J connectivity index is 2.49. The fourth-order valence-corrected chi connectivity index (χ4v) is 2.87. The van der Waals surface area contributed by atoms with E-state index in [9.17, 15) is 5.11 Å². The summed E-state index contributed by atoms with van der Waals surface area (Å²) in [4.78, 5) is 0. The van der Waals surface area contributed by atoms with Crippen molar-refractivity contribution in [1.82, 2.24) is 0 Å². The third-order valence-electron chi connectivity index (χ3n) is 4.66. The minimum Gasteiger partial charge on any atom is -0.389 e. The van der Waals surface area contributed by atoms with E-state index in [1.165, 1.54) is 0 Å². The van der Waals surface area contributed by atoms with Gasteiger partial charge < -0.3 is 9.84 Å². The number of hydrogen-bond acceptors (Lipinski definition) is 2. The SMILES string of the molecule is C[C@@H]1C2(C)C=C[C@@](C)(O2)[C@H](C)C1(C)O. The quantitative estimate of drug-likeness (QED) is 0.601. The molecule has 14 heavy (non-hydrogen) atoms. The fourth-order valence-electron chi connectivity index (χ4n) is 2.87. The predicted molar refractivity (Wildman–Crippen MR) is 56.0 cm³/mol. The lowest BCUT2D eigenvalue weighted by Crippen LogP contribution is -2.62. The molecule has 2 rings (SSSR count). The zero-order valence-corrected chi connectivity index (χ0v) is 9.66. The molecule has 2 heterocycles. The topological polar surface area (TPSA) is 29.5 Å². The van der Waals surface area contributed by atoms with Gasteiger partial charge in [0.25, 0.3) is 0 Å². The molecule has 0 spiro atoms. The van der Waals surface area contributed by atoms with Crippen molar-refractivity contribution < 1.29 is 9.84 Å². The first-order valence-electron chi connectivity index (χ1n) is 5.35. The Morgan fingerprint density at radius 3 is 1.71 bits per heavy atom. The summed E-state index contributed by atoms with van der Waals surface area (Å²) in [6, 6.07) is 0. The van der Waals surface area contributed by atoms with Crippen LogP contribution in [0.4, 0.5) is 0 Å². The van der Waals surface area contributed by atoms with Crippen LogP contribution in [-0.2, 0) is 4.74 Å². The Hall–Kier alpha value is -0.340. The molecule has 1 fully saturated rings. The van der Waals surface area contributed by atoms with Crippen molar-refractivity contribution in [3.63, 3.8) is 0 Å². The van der Waals surface area contributed by atoms with E-state index < -0.39 is 5.60 Å². The monoisotopic (exact) mass is 196 g/mol. The smallest absolute Gasteiger partial charge is 0.0900 e. The van der Waals surface area contributed by atoms with Crippen LogP contribution in [0.2, 0.25) is 0 Å². The van der Waals surface area contributed by atoms with Crippen molar-refractivity contribution >= 4 is 0 Å². The van der Waals surface area contributed by atoms with Gasteiger partial charge in [0.05, 0.1) is 16.8 Å². The van der Waals surface area contributed by atoms with Crippen LogP contribution in [0.3, 0.4) is 0 Å². The third kappa shape index (κ3) is 0.986. The highest BCUT2D eigenvalue weighted by atomic mass is 16.5. The second kappa shape index (κ2) is 2.42. The normalized spacial score (nSPS) is 61.9. The van der Waals surface area contributed by atoms with Gasteiger partial charge in [-0.3, -0.25) is 0 Å². The summed E-state index contributed by atoms with van der Waals surface area (Å²) in [5.41, 5.74) is -1.26. The minimum absolute atomic E-state index is 0.122. The Morgan fingerprint density at radius 2 is 1.36 bits per heavy atom. The Morgan fingerprint density at radius 1 is 1.00 bits per heavy atom. The van der Waals surface area contributed by atoms with Crippen LogP contribution in [0.15, 0.2) is 12.2 Å². The Kier molecular flexibility index (Phi) is 1.76. The maximum Gasteiger partial charge on any atom is 0.0900 e. The van der Waals surface area contributed by atoms with Gasteiger partial charge in [-0.25, -0.2) is 0 Å². The predicted octanol–water partition coefficient (Wildman–Crippen LogP) is 2.13. The van der Waals surface area contributed by atoms with Gasteiger partial charge in [0, 0.05) is 11.8 Å². The molecular formula is C12H20O2. The molecule has 2 nitrogen and oxygen atoms in total. The molecule has 2 bridgehead atoms. The summed E-state index contributed by atoms with van der Waals surface area (Å²) in [5.74, 6) is 0.244. The molecule has 2 unspecified atom stereocenters. The zero-order chi connectivity index (χ0) is 10.8. The van der Waals surface area contributed by atoms with Crippen LogP contribution < -0.4 is 0 Å². The lowest BCUT2D eigenvalue weighted by Gasteiger charge is -2.54. The highest BCUT2D eigenvalue weighted by Gasteiger charge is 2.60. The molecule has 1 saturated heterocycles. The van der Waals surface area contributed by atoms with Crippen molar-refractivity contribution in [2.75, 3.05) is 0 Å². The van der Waals surface area contributed by atoms with E-state index >= 15 is 0 Å². The molecule has 80 valence electrons. The summed E-state index contributed by atoms with van der Waals surface area (Å²) in [5, 5.41) is 10.5. The second-order valence-corrected chi connectivity index (χ2v) is 5.47. The van der Waals surface area contributed by atoms with Gasteiger partial charge in [-0.2, -0.15) is 0 Å². The lowest BCUT2D eigenvalue weighted by molar-refractivity contribution is -0.245. The van der Waals surface area contributed by atoms with E-state index in [4.69, 9.17) is 4.74 Å². The van der Waals surface area contributed by atoms with Gasteiger partial charge in [0.15, 0.2) is 0 Å². The minimum atomic E-state index is -0.661. The van der Waals surface area contributed by atoms with Gasteiger partial charge in [-0.1, -0.05) is 26.0 Å². The highest BCUT2D eigenvalue weighted by Crippen LogP contribution is 2.53. The third-order valence-corrected chi connectivity index (χ3v) is 4.66. The summed E-state index contributed by atoms with van der Waals surface area (Å²) >= 11 is 0. The maximum absolute atomic E-state index is 10.5. The molecule has 0 aromatic carbocycles. The lowest BCUT2D eigenvalue weighted by atomic mass is 9.67. The van der Waals surface area contributed by atoms with E-state index in [-0.39, 0.29) is 23.0 Å². The van der Waals surface area contributed by atoms with Gasteiger partial charge in [-0.05, 0) is 20.8 Å². The summed E-state index contributed by atoms with van der Waals surface area (Å²) < 4.78 is 6.06. The van der Waals surface area contributed by atoms with Crippen molar-refractivity contribution in [1.29, 1.82) is 0 Å². The molecule has 5 atom stereocenters. The van der Waals surface area contributed by atoms with Gasteiger partial charge in [-0.15, -0.1) is 0 Å². The van der Waals surface area contributed by atoms with Crippen LogP contribution in [0, 0.1) is 11.8 Å².